The summed E-state index contributed by atoms with van der Waals surface area (Å²) in [5, 5.41) is 22.9. The molecule has 0 unspecified atom stereocenters. The number of phenols is 1. The van der Waals surface area contributed by atoms with E-state index in [-0.39, 0.29) is 11.4 Å². The van der Waals surface area contributed by atoms with E-state index in [1.54, 1.807) is 18.2 Å². The normalized spacial score (nSPS) is 12.0. The predicted molar refractivity (Wildman–Crippen MR) is 120 cm³/mol. The van der Waals surface area contributed by atoms with Gasteiger partial charge in [-0.1, -0.05) is 43.7 Å². The first-order chi connectivity index (χ1) is 15.1. The van der Waals surface area contributed by atoms with E-state index in [0.29, 0.717) is 17.2 Å². The van der Waals surface area contributed by atoms with E-state index < -0.39 is 47.0 Å². The molecule has 0 bridgehead atoms. The number of phenolic OH excluding ortho intramolecular Hbond substituents is 1. The molecule has 0 radical (unpaired) electrons. The van der Waals surface area contributed by atoms with Crippen LogP contribution in [0.2, 0.25) is 0 Å². The molecule has 0 aliphatic carbocycles. The maximum atomic E-state index is 12.9. The Morgan fingerprint density at radius 3 is 2.41 bits per heavy atom. The summed E-state index contributed by atoms with van der Waals surface area (Å²) in [6, 6.07) is 12.1. The Labute approximate surface area is 185 Å². The lowest BCUT2D eigenvalue weighted by Crippen LogP contribution is -2.25. The Morgan fingerprint density at radius 1 is 1.00 bits per heavy atom. The van der Waals surface area contributed by atoms with Gasteiger partial charge >= 0.3 is 0 Å². The Bertz CT molecular complexity index is 1390. The lowest BCUT2D eigenvalue weighted by atomic mass is 10.1. The monoisotopic (exact) mass is 479 g/mol. The van der Waals surface area contributed by atoms with Crippen molar-refractivity contribution in [1.29, 1.82) is 0 Å². The van der Waals surface area contributed by atoms with Crippen LogP contribution in [0.5, 0.6) is 5.75 Å². The van der Waals surface area contributed by atoms with Crippen LogP contribution in [0.4, 0.5) is 11.4 Å². The van der Waals surface area contributed by atoms with Gasteiger partial charge in [-0.25, -0.2) is 21.6 Å². The van der Waals surface area contributed by atoms with Gasteiger partial charge < -0.3 is 5.11 Å². The van der Waals surface area contributed by atoms with Gasteiger partial charge in [0.25, 0.3) is 15.7 Å². The molecule has 0 aliphatic rings. The van der Waals surface area contributed by atoms with Gasteiger partial charge in [0.15, 0.2) is 0 Å². The molecule has 0 atom stereocenters. The van der Waals surface area contributed by atoms with Crippen molar-refractivity contribution in [3.63, 3.8) is 0 Å². The van der Waals surface area contributed by atoms with E-state index in [2.05, 4.69) is 9.44 Å². The number of hydrogen-bond donors (Lipinski definition) is 3. The number of nitro groups is 1. The molecule has 0 saturated heterocycles. The molecule has 3 rings (SSSR count). The van der Waals surface area contributed by atoms with Crippen molar-refractivity contribution >= 4 is 42.2 Å². The number of unbranched alkanes of at least 4 members (excludes halogenated alkanes) is 1. The van der Waals surface area contributed by atoms with Crippen molar-refractivity contribution in [3.8, 4) is 5.75 Å². The fraction of sp³-hybridized carbons (Fsp3) is 0.200. The van der Waals surface area contributed by atoms with Gasteiger partial charge in [-0.2, -0.15) is 0 Å². The maximum absolute atomic E-state index is 12.9. The van der Waals surface area contributed by atoms with Crippen LogP contribution in [0, 0.1) is 10.1 Å². The highest BCUT2D eigenvalue weighted by Gasteiger charge is 2.26. The zero-order valence-corrected chi connectivity index (χ0v) is 18.6. The number of nitrogens with one attached hydrogen (secondary N) is 2. The minimum atomic E-state index is -4.43. The minimum Gasteiger partial charge on any atom is -0.506 e. The van der Waals surface area contributed by atoms with Crippen molar-refractivity contribution in [2.45, 2.75) is 29.6 Å². The molecular formula is C20H21N3O7S2. The van der Waals surface area contributed by atoms with Crippen molar-refractivity contribution < 1.29 is 26.9 Å². The molecule has 0 aromatic heterocycles. The molecule has 0 saturated carbocycles. The highest BCUT2D eigenvalue weighted by molar-refractivity contribution is 7.92. The molecule has 10 nitrogen and oxygen atoms in total. The zero-order chi connectivity index (χ0) is 23.5. The van der Waals surface area contributed by atoms with Crippen LogP contribution in [-0.2, 0) is 20.0 Å². The van der Waals surface area contributed by atoms with Crippen LogP contribution < -0.4 is 9.44 Å². The Hall–Kier alpha value is -3.22. The number of sulfonamides is 2. The van der Waals surface area contributed by atoms with Crippen LogP contribution >= 0.6 is 0 Å². The van der Waals surface area contributed by atoms with Gasteiger partial charge in [-0.3, -0.25) is 14.8 Å². The first-order valence-electron chi connectivity index (χ1n) is 9.58. The SMILES string of the molecule is CCCCNS(=O)(=O)c1ccc(NS(=O)(=O)c2ccc3ccccc3c2O)c([N+](=O)[O-])c1. The molecule has 0 aliphatic heterocycles. The average Bonchev–Trinajstić information content (AvgIpc) is 2.73. The summed E-state index contributed by atoms with van der Waals surface area (Å²) in [5.74, 6) is -0.502. The van der Waals surface area contributed by atoms with Crippen LogP contribution in [0.25, 0.3) is 10.8 Å². The zero-order valence-electron chi connectivity index (χ0n) is 17.0. The molecule has 32 heavy (non-hydrogen) atoms. The third kappa shape index (κ3) is 4.82. The number of nitrogens with zero attached hydrogens (tertiary/aromatic N) is 1. The van der Waals surface area contributed by atoms with E-state index in [9.17, 15) is 32.1 Å². The predicted octanol–water partition coefficient (Wildman–Crippen LogP) is 3.33. The first-order valence-corrected chi connectivity index (χ1v) is 12.5. The summed E-state index contributed by atoms with van der Waals surface area (Å²) in [7, 11) is -8.43. The third-order valence-corrected chi connectivity index (χ3v) is 7.55. The second-order valence-corrected chi connectivity index (χ2v) is 10.3. The summed E-state index contributed by atoms with van der Waals surface area (Å²) in [4.78, 5) is 9.81. The van der Waals surface area contributed by atoms with Crippen LogP contribution in [0.1, 0.15) is 19.8 Å². The summed E-state index contributed by atoms with van der Waals surface area (Å²) in [6.07, 6.45) is 1.35. The average molecular weight is 480 g/mol. The quantitative estimate of drug-likeness (QED) is 0.241. The Morgan fingerprint density at radius 2 is 1.72 bits per heavy atom. The van der Waals surface area contributed by atoms with Crippen molar-refractivity contribution in [2.24, 2.45) is 0 Å². The number of aromatic hydroxyl groups is 1. The standard InChI is InChI=1S/C20H21N3O7S2/c1-2-3-12-21-31(27,28)15-9-10-17(18(13-15)23(25)26)22-32(29,30)19-11-8-14-6-4-5-7-16(14)20(19)24/h4-11,13,21-22,24H,2-3,12H2,1H3. The van der Waals surface area contributed by atoms with Crippen LogP contribution in [0.15, 0.2) is 64.4 Å². The largest absolute Gasteiger partial charge is 0.506 e. The van der Waals surface area contributed by atoms with Crippen molar-refractivity contribution in [3.05, 3.63) is 64.7 Å². The number of fused-ring (bicyclic) bond motifs is 1. The molecule has 0 fully saturated rings. The summed E-state index contributed by atoms with van der Waals surface area (Å²) >= 11 is 0. The van der Waals surface area contributed by atoms with E-state index in [1.807, 2.05) is 6.92 Å². The number of hydrogen-bond acceptors (Lipinski definition) is 7. The third-order valence-electron chi connectivity index (χ3n) is 4.70. The fourth-order valence-corrected chi connectivity index (χ4v) is 5.31. The van der Waals surface area contributed by atoms with E-state index in [1.165, 1.54) is 18.2 Å². The first kappa shape index (κ1) is 23.4. The number of nitro benzene ring substituents is 1. The molecular weight excluding hydrogens is 458 g/mol. The minimum absolute atomic E-state index is 0.169. The van der Waals surface area contributed by atoms with Gasteiger partial charge in [0.1, 0.15) is 16.3 Å². The molecule has 0 amide bonds. The molecule has 0 heterocycles. The second-order valence-electron chi connectivity index (χ2n) is 6.93. The molecule has 12 heteroatoms. The van der Waals surface area contributed by atoms with E-state index in [0.717, 1.165) is 24.6 Å². The number of anilines is 1. The highest BCUT2D eigenvalue weighted by atomic mass is 32.2. The number of rotatable bonds is 9. The van der Waals surface area contributed by atoms with Gasteiger partial charge in [-0.15, -0.1) is 0 Å². The molecule has 3 N–H and O–H groups in total. The molecule has 3 aromatic rings. The van der Waals surface area contributed by atoms with E-state index in [4.69, 9.17) is 0 Å². The van der Waals surface area contributed by atoms with Gasteiger partial charge in [0.05, 0.1) is 9.82 Å². The maximum Gasteiger partial charge on any atom is 0.294 e. The lowest BCUT2D eigenvalue weighted by molar-refractivity contribution is -0.384. The van der Waals surface area contributed by atoms with E-state index >= 15 is 0 Å². The lowest BCUT2D eigenvalue weighted by Gasteiger charge is -2.12. The highest BCUT2D eigenvalue weighted by Crippen LogP contribution is 2.35. The van der Waals surface area contributed by atoms with Gasteiger partial charge in [0, 0.05) is 18.0 Å². The summed E-state index contributed by atoms with van der Waals surface area (Å²) in [5.41, 5.74) is -1.18. The molecule has 0 spiro atoms. The van der Waals surface area contributed by atoms with Crippen LogP contribution in [0.3, 0.4) is 0 Å². The van der Waals surface area contributed by atoms with Crippen molar-refractivity contribution in [2.75, 3.05) is 11.3 Å². The number of benzene rings is 3. The summed E-state index contributed by atoms with van der Waals surface area (Å²) < 4.78 is 54.9. The van der Waals surface area contributed by atoms with Crippen molar-refractivity contribution in [1.82, 2.24) is 4.72 Å². The topological polar surface area (TPSA) is 156 Å². The second kappa shape index (κ2) is 9.10. The Balaban J connectivity index is 1.99. The fourth-order valence-electron chi connectivity index (χ4n) is 3.03. The smallest absolute Gasteiger partial charge is 0.294 e. The summed E-state index contributed by atoms with van der Waals surface area (Å²) in [6.45, 7) is 2.05. The molecule has 3 aromatic carbocycles. The van der Waals surface area contributed by atoms with Gasteiger partial charge in [0.2, 0.25) is 10.0 Å². The van der Waals surface area contributed by atoms with Gasteiger partial charge in [-0.05, 0) is 30.0 Å². The Kier molecular flexibility index (Phi) is 6.67. The molecule has 170 valence electrons. The van der Waals surface area contributed by atoms with Crippen LogP contribution in [-0.4, -0.2) is 33.4 Å².